The normalized spacial score (nSPS) is 14.1. The van der Waals surface area contributed by atoms with Gasteiger partial charge in [0, 0.05) is 37.8 Å². The molecule has 3 rings (SSSR count). The Morgan fingerprint density at radius 2 is 1.81 bits per heavy atom. The largest absolute Gasteiger partial charge is 0.496 e. The van der Waals surface area contributed by atoms with Crippen LogP contribution in [0.4, 0.5) is 0 Å². The highest BCUT2D eigenvalue weighted by Gasteiger charge is 2.26. The minimum atomic E-state index is -0.353. The summed E-state index contributed by atoms with van der Waals surface area (Å²) in [6, 6.07) is 8.45. The number of carbonyl (C=O) groups excluding carboxylic acids is 2. The van der Waals surface area contributed by atoms with Crippen LogP contribution in [-0.4, -0.2) is 65.1 Å². The second-order valence-corrected chi connectivity index (χ2v) is 6.47. The number of carbonyl (C=O) groups is 2. The monoisotopic (exact) mass is 370 g/mol. The number of amides is 2. The summed E-state index contributed by atoms with van der Waals surface area (Å²) in [5.74, 6) is 0.457. The minimum Gasteiger partial charge on any atom is -0.496 e. The molecule has 1 aromatic heterocycles. The van der Waals surface area contributed by atoms with Gasteiger partial charge in [-0.2, -0.15) is 5.10 Å². The molecule has 1 fully saturated rings. The van der Waals surface area contributed by atoms with E-state index in [0.29, 0.717) is 31.9 Å². The quantitative estimate of drug-likeness (QED) is 0.851. The van der Waals surface area contributed by atoms with E-state index in [1.165, 1.54) is 12.1 Å². The zero-order valence-corrected chi connectivity index (χ0v) is 15.4. The van der Waals surface area contributed by atoms with Gasteiger partial charge in [0.2, 0.25) is 5.91 Å². The lowest BCUT2D eigenvalue weighted by Crippen LogP contribution is -2.51. The number of aryl methyl sites for hydroxylation is 1. The molecule has 1 N–H and O–H groups in total. The molecule has 1 aromatic carbocycles. The van der Waals surface area contributed by atoms with Crippen molar-refractivity contribution in [2.24, 2.45) is 0 Å². The first-order valence-corrected chi connectivity index (χ1v) is 8.74. The lowest BCUT2D eigenvalue weighted by Gasteiger charge is -2.34. The first-order chi connectivity index (χ1) is 13.0. The van der Waals surface area contributed by atoms with Crippen LogP contribution in [0.15, 0.2) is 35.1 Å². The van der Waals surface area contributed by atoms with Gasteiger partial charge in [-0.15, -0.1) is 0 Å². The summed E-state index contributed by atoms with van der Waals surface area (Å²) in [6.45, 7) is 3.75. The number of H-pyrrole nitrogens is 1. The van der Waals surface area contributed by atoms with Crippen LogP contribution in [0.5, 0.6) is 5.75 Å². The highest BCUT2D eigenvalue weighted by atomic mass is 16.5. The van der Waals surface area contributed by atoms with Crippen molar-refractivity contribution < 1.29 is 14.3 Å². The van der Waals surface area contributed by atoms with E-state index in [4.69, 9.17) is 4.74 Å². The van der Waals surface area contributed by atoms with Crippen LogP contribution in [0.1, 0.15) is 21.6 Å². The fourth-order valence-corrected chi connectivity index (χ4v) is 3.10. The minimum absolute atomic E-state index is 0.00756. The first kappa shape index (κ1) is 18.6. The SMILES string of the molecule is COc1ccc(C)cc1CC(=O)N1CCN(C(=O)c2ccc(=O)[nH]n2)CC1. The van der Waals surface area contributed by atoms with Gasteiger partial charge < -0.3 is 14.5 Å². The van der Waals surface area contributed by atoms with Crippen LogP contribution in [0.2, 0.25) is 0 Å². The van der Waals surface area contributed by atoms with Gasteiger partial charge in [-0.3, -0.25) is 14.4 Å². The van der Waals surface area contributed by atoms with E-state index in [-0.39, 0.29) is 29.5 Å². The number of nitrogens with zero attached hydrogens (tertiary/aromatic N) is 3. The number of hydrogen-bond acceptors (Lipinski definition) is 5. The number of hydrogen-bond donors (Lipinski definition) is 1. The predicted octanol–water partition coefficient (Wildman–Crippen LogP) is 0.614. The second-order valence-electron chi connectivity index (χ2n) is 6.47. The second kappa shape index (κ2) is 8.03. The van der Waals surface area contributed by atoms with Crippen molar-refractivity contribution in [3.63, 3.8) is 0 Å². The van der Waals surface area contributed by atoms with Crippen molar-refractivity contribution in [2.75, 3.05) is 33.3 Å². The van der Waals surface area contributed by atoms with E-state index in [0.717, 1.165) is 11.1 Å². The third-order valence-corrected chi connectivity index (χ3v) is 4.60. The molecule has 2 heterocycles. The summed E-state index contributed by atoms with van der Waals surface area (Å²) in [5, 5.41) is 6.03. The number of piperazine rings is 1. The Labute approximate surface area is 156 Å². The number of ether oxygens (including phenoxy) is 1. The Balaban J connectivity index is 1.59. The van der Waals surface area contributed by atoms with Gasteiger partial charge in [0.15, 0.2) is 0 Å². The van der Waals surface area contributed by atoms with Gasteiger partial charge in [-0.25, -0.2) is 5.10 Å². The average Bonchev–Trinajstić information content (AvgIpc) is 2.68. The van der Waals surface area contributed by atoms with Crippen LogP contribution in [-0.2, 0) is 11.2 Å². The van der Waals surface area contributed by atoms with Crippen molar-refractivity contribution in [1.29, 1.82) is 0 Å². The molecular weight excluding hydrogens is 348 g/mol. The smallest absolute Gasteiger partial charge is 0.274 e. The van der Waals surface area contributed by atoms with E-state index in [2.05, 4.69) is 10.2 Å². The maximum absolute atomic E-state index is 12.6. The number of benzene rings is 1. The summed E-state index contributed by atoms with van der Waals surface area (Å²) >= 11 is 0. The molecule has 142 valence electrons. The Morgan fingerprint density at radius 3 is 2.44 bits per heavy atom. The topological polar surface area (TPSA) is 95.6 Å². The molecule has 0 radical (unpaired) electrons. The van der Waals surface area contributed by atoms with Crippen LogP contribution in [0.25, 0.3) is 0 Å². The van der Waals surface area contributed by atoms with Crippen molar-refractivity contribution >= 4 is 11.8 Å². The van der Waals surface area contributed by atoms with Crippen molar-refractivity contribution in [3.8, 4) is 5.75 Å². The fraction of sp³-hybridized carbons (Fsp3) is 0.368. The molecule has 2 aromatic rings. The molecule has 0 unspecified atom stereocenters. The van der Waals surface area contributed by atoms with E-state index >= 15 is 0 Å². The number of rotatable bonds is 4. The number of nitrogens with one attached hydrogen (secondary N) is 1. The maximum Gasteiger partial charge on any atom is 0.274 e. The molecule has 1 aliphatic rings. The van der Waals surface area contributed by atoms with Crippen LogP contribution in [0, 0.1) is 6.92 Å². The summed E-state index contributed by atoms with van der Waals surface area (Å²) in [6.07, 6.45) is 0.264. The first-order valence-electron chi connectivity index (χ1n) is 8.74. The van der Waals surface area contributed by atoms with E-state index < -0.39 is 0 Å². The molecule has 0 bridgehead atoms. The lowest BCUT2D eigenvalue weighted by molar-refractivity contribution is -0.131. The Kier molecular flexibility index (Phi) is 5.54. The molecule has 2 amide bonds. The van der Waals surface area contributed by atoms with E-state index in [1.807, 2.05) is 25.1 Å². The molecule has 1 saturated heterocycles. The van der Waals surface area contributed by atoms with Gasteiger partial charge in [-0.1, -0.05) is 17.7 Å². The number of aromatic amines is 1. The summed E-state index contributed by atoms with van der Waals surface area (Å²) in [4.78, 5) is 39.5. The van der Waals surface area contributed by atoms with Crippen molar-refractivity contribution in [3.05, 3.63) is 57.5 Å². The third-order valence-electron chi connectivity index (χ3n) is 4.60. The van der Waals surface area contributed by atoms with E-state index in [9.17, 15) is 14.4 Å². The predicted molar refractivity (Wildman–Crippen MR) is 98.8 cm³/mol. The van der Waals surface area contributed by atoms with Crippen LogP contribution >= 0.6 is 0 Å². The van der Waals surface area contributed by atoms with E-state index in [1.54, 1.807) is 16.9 Å². The standard InChI is InChI=1S/C19H22N4O4/c1-13-3-5-16(27-2)14(11-13)12-18(25)22-7-9-23(10-8-22)19(26)15-4-6-17(24)21-20-15/h3-6,11H,7-10,12H2,1-2H3,(H,21,24). The molecule has 27 heavy (non-hydrogen) atoms. The number of methoxy groups -OCH3 is 1. The van der Waals surface area contributed by atoms with Gasteiger partial charge in [0.05, 0.1) is 13.5 Å². The van der Waals surface area contributed by atoms with Crippen LogP contribution < -0.4 is 10.3 Å². The Hall–Kier alpha value is -3.16. The zero-order valence-electron chi connectivity index (χ0n) is 15.4. The molecule has 0 saturated carbocycles. The zero-order chi connectivity index (χ0) is 19.4. The molecule has 0 aliphatic carbocycles. The highest BCUT2D eigenvalue weighted by Crippen LogP contribution is 2.21. The summed E-state index contributed by atoms with van der Waals surface area (Å²) < 4.78 is 5.34. The molecule has 8 nitrogen and oxygen atoms in total. The molecule has 0 atom stereocenters. The van der Waals surface area contributed by atoms with Crippen molar-refractivity contribution in [2.45, 2.75) is 13.3 Å². The average molecular weight is 370 g/mol. The van der Waals surface area contributed by atoms with Crippen LogP contribution in [0.3, 0.4) is 0 Å². The summed E-state index contributed by atoms with van der Waals surface area (Å²) in [5.41, 5.74) is 1.77. The highest BCUT2D eigenvalue weighted by molar-refractivity contribution is 5.92. The molecule has 8 heteroatoms. The third kappa shape index (κ3) is 4.33. The summed E-state index contributed by atoms with van der Waals surface area (Å²) in [7, 11) is 1.59. The molecular formula is C19H22N4O4. The number of aromatic nitrogens is 2. The molecule has 0 spiro atoms. The van der Waals surface area contributed by atoms with Gasteiger partial charge in [0.1, 0.15) is 11.4 Å². The molecule has 1 aliphatic heterocycles. The maximum atomic E-state index is 12.6. The van der Waals surface area contributed by atoms with Gasteiger partial charge in [0.25, 0.3) is 11.5 Å². The lowest BCUT2D eigenvalue weighted by atomic mass is 10.1. The van der Waals surface area contributed by atoms with Gasteiger partial charge >= 0.3 is 0 Å². The van der Waals surface area contributed by atoms with Gasteiger partial charge in [-0.05, 0) is 19.1 Å². The van der Waals surface area contributed by atoms with Crippen molar-refractivity contribution in [1.82, 2.24) is 20.0 Å². The Morgan fingerprint density at radius 1 is 1.11 bits per heavy atom. The Bertz CT molecular complexity index is 880. The fourth-order valence-electron chi connectivity index (χ4n) is 3.10.